The number of rotatable bonds is 5. The molecule has 2 N–H and O–H groups in total. The Morgan fingerprint density at radius 3 is 2.73 bits per heavy atom. The summed E-state index contributed by atoms with van der Waals surface area (Å²) >= 11 is 0. The normalized spacial score (nSPS) is 30.3. The highest BCUT2D eigenvalue weighted by Crippen LogP contribution is 2.56. The summed E-state index contributed by atoms with van der Waals surface area (Å²) in [6.07, 6.45) is 2.99. The molecule has 1 aromatic heterocycles. The van der Waals surface area contributed by atoms with E-state index in [2.05, 4.69) is 10.4 Å². The molecule has 0 unspecified atom stereocenters. The molecule has 0 spiro atoms. The SMILES string of the molecule is CC(C)n1ccc(C(=O)Nc2cccc(S(=O)(=O)N3C[C@@H]4C[C@H]5C[C@H]4[C@@H]3[C@@H]5O)c2)n1. The molecule has 2 aliphatic carbocycles. The van der Waals surface area contributed by atoms with Crippen LogP contribution in [0.4, 0.5) is 5.69 Å². The van der Waals surface area contributed by atoms with Gasteiger partial charge in [-0.25, -0.2) is 8.42 Å². The van der Waals surface area contributed by atoms with Crippen LogP contribution in [-0.4, -0.2) is 52.2 Å². The minimum absolute atomic E-state index is 0.130. The second-order valence-corrected chi connectivity index (χ2v) is 10.9. The average Bonchev–Trinajstić information content (AvgIpc) is 3.44. The Bertz CT molecular complexity index is 1090. The number of benzene rings is 1. The van der Waals surface area contributed by atoms with Gasteiger partial charge >= 0.3 is 0 Å². The van der Waals surface area contributed by atoms with Gasteiger partial charge in [0.2, 0.25) is 10.0 Å². The molecule has 2 aromatic rings. The zero-order chi connectivity index (χ0) is 21.2. The van der Waals surface area contributed by atoms with E-state index < -0.39 is 22.0 Å². The van der Waals surface area contributed by atoms with Crippen LogP contribution in [0.5, 0.6) is 0 Å². The van der Waals surface area contributed by atoms with Crippen molar-refractivity contribution in [3.05, 3.63) is 42.2 Å². The maximum absolute atomic E-state index is 13.4. The number of fused-ring (bicyclic) bond motifs is 1. The molecule has 0 radical (unpaired) electrons. The third-order valence-electron chi connectivity index (χ3n) is 6.87. The van der Waals surface area contributed by atoms with Crippen molar-refractivity contribution < 1.29 is 18.3 Å². The molecule has 2 heterocycles. The Hall–Kier alpha value is -2.23. The molecule has 5 rings (SSSR count). The van der Waals surface area contributed by atoms with Crippen LogP contribution < -0.4 is 5.32 Å². The smallest absolute Gasteiger partial charge is 0.276 e. The fourth-order valence-corrected chi connectivity index (χ4v) is 7.23. The summed E-state index contributed by atoms with van der Waals surface area (Å²) in [4.78, 5) is 12.7. The van der Waals surface area contributed by atoms with Crippen LogP contribution in [0.15, 0.2) is 41.4 Å². The summed E-state index contributed by atoms with van der Waals surface area (Å²) < 4.78 is 29.9. The second kappa shape index (κ2) is 6.90. The number of aliphatic hydroxyl groups excluding tert-OH is 1. The maximum Gasteiger partial charge on any atom is 0.276 e. The van der Waals surface area contributed by atoms with E-state index in [-0.39, 0.29) is 34.5 Å². The van der Waals surface area contributed by atoms with Gasteiger partial charge in [0.15, 0.2) is 5.69 Å². The quantitative estimate of drug-likeness (QED) is 0.756. The van der Waals surface area contributed by atoms with Crippen LogP contribution in [0.1, 0.15) is 43.2 Å². The van der Waals surface area contributed by atoms with E-state index in [1.807, 2.05) is 13.8 Å². The summed E-state index contributed by atoms with van der Waals surface area (Å²) in [5.74, 6) is 0.439. The minimum atomic E-state index is -3.76. The van der Waals surface area contributed by atoms with E-state index >= 15 is 0 Å². The lowest BCUT2D eigenvalue weighted by Crippen LogP contribution is -2.43. The first-order valence-corrected chi connectivity index (χ1v) is 11.9. The van der Waals surface area contributed by atoms with Crippen molar-refractivity contribution in [3.63, 3.8) is 0 Å². The summed E-state index contributed by atoms with van der Waals surface area (Å²) in [5.41, 5.74) is 0.667. The third kappa shape index (κ3) is 2.99. The van der Waals surface area contributed by atoms with Crippen LogP contribution in [-0.2, 0) is 10.0 Å². The molecule has 2 saturated carbocycles. The van der Waals surface area contributed by atoms with Gasteiger partial charge in [0.05, 0.1) is 17.0 Å². The van der Waals surface area contributed by atoms with Crippen molar-refractivity contribution in [2.75, 3.05) is 11.9 Å². The number of hydrogen-bond acceptors (Lipinski definition) is 5. The molecule has 1 aliphatic heterocycles. The number of hydrogen-bond donors (Lipinski definition) is 2. The fourth-order valence-electron chi connectivity index (χ4n) is 5.45. The van der Waals surface area contributed by atoms with Crippen LogP contribution in [0, 0.1) is 17.8 Å². The third-order valence-corrected chi connectivity index (χ3v) is 8.73. The Balaban J connectivity index is 1.37. The van der Waals surface area contributed by atoms with Gasteiger partial charge in [-0.1, -0.05) is 6.07 Å². The lowest BCUT2D eigenvalue weighted by molar-refractivity contribution is 0.0731. The van der Waals surface area contributed by atoms with E-state index in [1.54, 1.807) is 29.1 Å². The van der Waals surface area contributed by atoms with Gasteiger partial charge in [-0.3, -0.25) is 9.48 Å². The first kappa shape index (κ1) is 19.7. The zero-order valence-corrected chi connectivity index (χ0v) is 17.8. The minimum Gasteiger partial charge on any atom is -0.391 e. The zero-order valence-electron chi connectivity index (χ0n) is 17.0. The molecular formula is C21H26N4O4S. The first-order valence-electron chi connectivity index (χ1n) is 10.4. The Kier molecular flexibility index (Phi) is 4.53. The molecule has 1 saturated heterocycles. The molecule has 3 aliphatic rings. The summed E-state index contributed by atoms with van der Waals surface area (Å²) in [7, 11) is -3.76. The molecule has 5 atom stereocenters. The van der Waals surface area contributed by atoms with E-state index in [1.165, 1.54) is 16.4 Å². The number of aliphatic hydroxyl groups is 1. The van der Waals surface area contributed by atoms with Gasteiger partial charge < -0.3 is 10.4 Å². The molecular weight excluding hydrogens is 404 g/mol. The summed E-state index contributed by atoms with van der Waals surface area (Å²) in [5, 5.41) is 17.5. The number of sulfonamides is 1. The summed E-state index contributed by atoms with van der Waals surface area (Å²) in [6.45, 7) is 4.41. The first-order chi connectivity index (χ1) is 14.3. The Morgan fingerprint density at radius 1 is 1.23 bits per heavy atom. The van der Waals surface area contributed by atoms with Crippen molar-refractivity contribution in [1.82, 2.24) is 14.1 Å². The van der Waals surface area contributed by atoms with Crippen molar-refractivity contribution in [2.45, 2.75) is 49.8 Å². The Labute approximate surface area is 175 Å². The van der Waals surface area contributed by atoms with E-state index in [0.717, 1.165) is 12.8 Å². The number of anilines is 1. The van der Waals surface area contributed by atoms with Crippen molar-refractivity contribution >= 4 is 21.6 Å². The van der Waals surface area contributed by atoms with Crippen LogP contribution in [0.25, 0.3) is 0 Å². The van der Waals surface area contributed by atoms with Gasteiger partial charge in [-0.2, -0.15) is 9.40 Å². The largest absolute Gasteiger partial charge is 0.391 e. The Morgan fingerprint density at radius 2 is 2.03 bits per heavy atom. The average molecular weight is 431 g/mol. The number of carbonyl (C=O) groups excluding carboxylic acids is 1. The molecule has 8 nitrogen and oxygen atoms in total. The van der Waals surface area contributed by atoms with Gasteiger partial charge in [0.25, 0.3) is 5.91 Å². The highest BCUT2D eigenvalue weighted by atomic mass is 32.2. The van der Waals surface area contributed by atoms with Crippen LogP contribution in [0.2, 0.25) is 0 Å². The van der Waals surface area contributed by atoms with Gasteiger partial charge in [-0.15, -0.1) is 0 Å². The maximum atomic E-state index is 13.4. The van der Waals surface area contributed by atoms with Crippen LogP contribution in [0.3, 0.4) is 0 Å². The lowest BCUT2D eigenvalue weighted by Gasteiger charge is -2.28. The summed E-state index contributed by atoms with van der Waals surface area (Å²) in [6, 6.07) is 7.74. The van der Waals surface area contributed by atoms with Crippen molar-refractivity contribution in [1.29, 1.82) is 0 Å². The molecule has 160 valence electrons. The number of nitrogens with zero attached hydrogens (tertiary/aromatic N) is 3. The highest BCUT2D eigenvalue weighted by Gasteiger charge is 2.61. The molecule has 1 amide bonds. The van der Waals surface area contributed by atoms with Gasteiger partial charge in [0, 0.05) is 24.5 Å². The van der Waals surface area contributed by atoms with Crippen molar-refractivity contribution in [2.24, 2.45) is 17.8 Å². The standard InChI is InChI=1S/C21H26N4O4S/c1-12(2)24-7-6-18(23-24)21(27)22-15-4-3-5-16(10-15)30(28,29)25-11-14-8-13-9-17(14)19(25)20(13)26/h3-7,10,12-14,17,19-20,26H,8-9,11H2,1-2H3,(H,22,27)/t13-,14-,17+,19+,20+/m0/s1. The van der Waals surface area contributed by atoms with Crippen molar-refractivity contribution in [3.8, 4) is 0 Å². The topological polar surface area (TPSA) is 105 Å². The van der Waals surface area contributed by atoms with Crippen LogP contribution >= 0.6 is 0 Å². The molecule has 1 aromatic carbocycles. The fraction of sp³-hybridized carbons (Fsp3) is 0.524. The number of aromatic nitrogens is 2. The molecule has 3 fully saturated rings. The highest BCUT2D eigenvalue weighted by molar-refractivity contribution is 7.89. The number of carbonyl (C=O) groups is 1. The number of amides is 1. The van der Waals surface area contributed by atoms with E-state index in [9.17, 15) is 18.3 Å². The second-order valence-electron chi connectivity index (χ2n) is 8.97. The monoisotopic (exact) mass is 430 g/mol. The lowest BCUT2D eigenvalue weighted by atomic mass is 9.88. The van der Waals surface area contributed by atoms with Gasteiger partial charge in [-0.05, 0) is 68.7 Å². The molecule has 2 bridgehead atoms. The number of nitrogens with one attached hydrogen (secondary N) is 1. The van der Waals surface area contributed by atoms with E-state index in [0.29, 0.717) is 18.2 Å². The van der Waals surface area contributed by atoms with E-state index in [4.69, 9.17) is 0 Å². The predicted molar refractivity (Wildman–Crippen MR) is 110 cm³/mol. The predicted octanol–water partition coefficient (Wildman–Crippen LogP) is 2.11. The van der Waals surface area contributed by atoms with Gasteiger partial charge in [0.1, 0.15) is 0 Å². The molecule has 30 heavy (non-hydrogen) atoms. The molecule has 9 heteroatoms.